The molecule has 82 valence electrons. The Hall–Kier alpha value is -1.13. The van der Waals surface area contributed by atoms with Gasteiger partial charge in [0.1, 0.15) is 5.15 Å². The van der Waals surface area contributed by atoms with Crippen molar-refractivity contribution >= 4 is 17.5 Å². The molecule has 0 saturated carbocycles. The fourth-order valence-electron chi connectivity index (χ4n) is 1.38. The van der Waals surface area contributed by atoms with E-state index < -0.39 is 5.91 Å². The first kappa shape index (κ1) is 11.9. The standard InChI is InChI=1S/C10H13ClN2O2/c1-3-7(15-2)9-6(10(12)14)4-5-8(11)13-9/h4-5,7H,3H2,1-2H3,(H2,12,14)/t7-/m0/s1. The summed E-state index contributed by atoms with van der Waals surface area (Å²) in [7, 11) is 1.56. The average molecular weight is 229 g/mol. The summed E-state index contributed by atoms with van der Waals surface area (Å²) in [6, 6.07) is 3.10. The number of carbonyl (C=O) groups excluding carboxylic acids is 1. The fraction of sp³-hybridized carbons (Fsp3) is 0.400. The lowest BCUT2D eigenvalue weighted by Gasteiger charge is -2.15. The second-order valence-electron chi connectivity index (χ2n) is 3.06. The summed E-state index contributed by atoms with van der Waals surface area (Å²) < 4.78 is 5.20. The molecular formula is C10H13ClN2O2. The van der Waals surface area contributed by atoms with E-state index in [1.807, 2.05) is 6.92 Å². The zero-order chi connectivity index (χ0) is 11.4. The third kappa shape index (κ3) is 2.67. The molecule has 1 amide bonds. The number of amides is 1. The lowest BCUT2D eigenvalue weighted by Crippen LogP contribution is -2.17. The summed E-state index contributed by atoms with van der Waals surface area (Å²) in [5.41, 5.74) is 6.09. The maximum Gasteiger partial charge on any atom is 0.250 e. The van der Waals surface area contributed by atoms with E-state index in [1.54, 1.807) is 13.2 Å². The highest BCUT2D eigenvalue weighted by Gasteiger charge is 2.18. The number of nitrogens with two attached hydrogens (primary N) is 1. The topological polar surface area (TPSA) is 65.2 Å². The normalized spacial score (nSPS) is 12.5. The molecule has 0 bridgehead atoms. The van der Waals surface area contributed by atoms with Crippen molar-refractivity contribution in [3.8, 4) is 0 Å². The maximum absolute atomic E-state index is 11.2. The van der Waals surface area contributed by atoms with Gasteiger partial charge in [-0.2, -0.15) is 0 Å². The first-order chi connectivity index (χ1) is 7.10. The highest BCUT2D eigenvalue weighted by molar-refractivity contribution is 6.29. The quantitative estimate of drug-likeness (QED) is 0.801. The Balaban J connectivity index is 3.22. The number of ether oxygens (including phenoxy) is 1. The smallest absolute Gasteiger partial charge is 0.250 e. The Morgan fingerprint density at radius 3 is 2.80 bits per heavy atom. The van der Waals surface area contributed by atoms with Gasteiger partial charge in [0.2, 0.25) is 0 Å². The molecule has 0 unspecified atom stereocenters. The Labute approximate surface area is 93.4 Å². The summed E-state index contributed by atoms with van der Waals surface area (Å²) >= 11 is 5.76. The molecule has 1 aromatic rings. The largest absolute Gasteiger partial charge is 0.375 e. The minimum Gasteiger partial charge on any atom is -0.375 e. The minimum atomic E-state index is -0.523. The first-order valence-electron chi connectivity index (χ1n) is 4.59. The molecule has 0 radical (unpaired) electrons. The molecule has 1 aromatic heterocycles. The monoisotopic (exact) mass is 228 g/mol. The fourth-order valence-corrected chi connectivity index (χ4v) is 1.53. The summed E-state index contributed by atoms with van der Waals surface area (Å²) in [4.78, 5) is 15.2. The molecule has 5 heteroatoms. The van der Waals surface area contributed by atoms with Gasteiger partial charge in [-0.3, -0.25) is 4.79 Å². The van der Waals surface area contributed by atoms with Gasteiger partial charge in [-0.05, 0) is 18.6 Å². The predicted octanol–water partition coefficient (Wildman–Crippen LogP) is 1.93. The van der Waals surface area contributed by atoms with Crippen molar-refractivity contribution < 1.29 is 9.53 Å². The molecule has 1 heterocycles. The van der Waals surface area contributed by atoms with Crippen LogP contribution in [0.4, 0.5) is 0 Å². The number of methoxy groups -OCH3 is 1. The lowest BCUT2D eigenvalue weighted by molar-refractivity contribution is 0.0906. The van der Waals surface area contributed by atoms with Crippen molar-refractivity contribution in [3.63, 3.8) is 0 Å². The minimum absolute atomic E-state index is 0.258. The van der Waals surface area contributed by atoms with E-state index in [9.17, 15) is 4.79 Å². The Morgan fingerprint density at radius 2 is 2.33 bits per heavy atom. The first-order valence-corrected chi connectivity index (χ1v) is 4.97. The molecule has 1 atom stereocenters. The number of aromatic nitrogens is 1. The summed E-state index contributed by atoms with van der Waals surface area (Å²) in [6.07, 6.45) is 0.440. The zero-order valence-electron chi connectivity index (χ0n) is 8.66. The van der Waals surface area contributed by atoms with Crippen molar-refractivity contribution in [2.75, 3.05) is 7.11 Å². The SMILES string of the molecule is CC[C@H](OC)c1nc(Cl)ccc1C(N)=O. The van der Waals surface area contributed by atoms with E-state index >= 15 is 0 Å². The number of nitrogens with zero attached hydrogens (tertiary/aromatic N) is 1. The van der Waals surface area contributed by atoms with Crippen molar-refractivity contribution in [2.24, 2.45) is 5.73 Å². The number of halogens is 1. The van der Waals surface area contributed by atoms with Gasteiger partial charge in [0.05, 0.1) is 17.4 Å². The van der Waals surface area contributed by atoms with Crippen LogP contribution in [0.15, 0.2) is 12.1 Å². The molecule has 1 rings (SSSR count). The predicted molar refractivity (Wildman–Crippen MR) is 57.8 cm³/mol. The Kier molecular flexibility index (Phi) is 4.05. The maximum atomic E-state index is 11.2. The van der Waals surface area contributed by atoms with E-state index in [-0.39, 0.29) is 6.10 Å². The zero-order valence-corrected chi connectivity index (χ0v) is 9.41. The lowest BCUT2D eigenvalue weighted by atomic mass is 10.1. The van der Waals surface area contributed by atoms with Gasteiger partial charge in [-0.1, -0.05) is 18.5 Å². The van der Waals surface area contributed by atoms with E-state index in [4.69, 9.17) is 22.1 Å². The molecule has 4 nitrogen and oxygen atoms in total. The van der Waals surface area contributed by atoms with Gasteiger partial charge in [0, 0.05) is 7.11 Å². The molecule has 0 aromatic carbocycles. The van der Waals surface area contributed by atoms with Gasteiger partial charge >= 0.3 is 0 Å². The van der Waals surface area contributed by atoms with Crippen LogP contribution in [0.1, 0.15) is 35.5 Å². The van der Waals surface area contributed by atoms with Crippen molar-refractivity contribution in [3.05, 3.63) is 28.5 Å². The number of carbonyl (C=O) groups is 1. The van der Waals surface area contributed by atoms with Crippen LogP contribution in [0.3, 0.4) is 0 Å². The third-order valence-electron chi connectivity index (χ3n) is 2.12. The molecule has 15 heavy (non-hydrogen) atoms. The number of primary amides is 1. The highest BCUT2D eigenvalue weighted by Crippen LogP contribution is 2.23. The number of hydrogen-bond donors (Lipinski definition) is 1. The Morgan fingerprint density at radius 1 is 1.67 bits per heavy atom. The van der Waals surface area contributed by atoms with Crippen LogP contribution >= 0.6 is 11.6 Å². The van der Waals surface area contributed by atoms with Gasteiger partial charge in [-0.25, -0.2) is 4.98 Å². The van der Waals surface area contributed by atoms with E-state index in [0.717, 1.165) is 0 Å². The van der Waals surface area contributed by atoms with Crippen LogP contribution in [0.25, 0.3) is 0 Å². The molecule has 0 aliphatic rings. The van der Waals surface area contributed by atoms with Crippen LogP contribution < -0.4 is 5.73 Å². The Bertz CT molecular complexity index is 364. The second-order valence-corrected chi connectivity index (χ2v) is 3.45. The van der Waals surface area contributed by atoms with Crippen LogP contribution in [0, 0.1) is 0 Å². The highest BCUT2D eigenvalue weighted by atomic mass is 35.5. The molecule has 0 aliphatic heterocycles. The molecule has 0 aliphatic carbocycles. The van der Waals surface area contributed by atoms with E-state index in [1.165, 1.54) is 6.07 Å². The molecular weight excluding hydrogens is 216 g/mol. The summed E-state index contributed by atoms with van der Waals surface area (Å²) in [5, 5.41) is 0.325. The van der Waals surface area contributed by atoms with E-state index in [0.29, 0.717) is 22.8 Å². The third-order valence-corrected chi connectivity index (χ3v) is 2.33. The van der Waals surface area contributed by atoms with Crippen LogP contribution in [-0.2, 0) is 4.74 Å². The van der Waals surface area contributed by atoms with Crippen LogP contribution in [0.2, 0.25) is 5.15 Å². The van der Waals surface area contributed by atoms with Crippen LogP contribution in [-0.4, -0.2) is 18.0 Å². The van der Waals surface area contributed by atoms with Gasteiger partial charge < -0.3 is 10.5 Å². The number of rotatable bonds is 4. The van der Waals surface area contributed by atoms with Crippen molar-refractivity contribution in [1.82, 2.24) is 4.98 Å². The van der Waals surface area contributed by atoms with Crippen molar-refractivity contribution in [1.29, 1.82) is 0 Å². The molecule has 0 saturated heterocycles. The average Bonchev–Trinajstić information content (AvgIpc) is 2.19. The van der Waals surface area contributed by atoms with Gasteiger partial charge in [0.25, 0.3) is 5.91 Å². The van der Waals surface area contributed by atoms with Gasteiger partial charge in [0.15, 0.2) is 0 Å². The number of pyridine rings is 1. The molecule has 0 fully saturated rings. The number of hydrogen-bond acceptors (Lipinski definition) is 3. The second kappa shape index (κ2) is 5.09. The van der Waals surface area contributed by atoms with Gasteiger partial charge in [-0.15, -0.1) is 0 Å². The molecule has 0 spiro atoms. The van der Waals surface area contributed by atoms with Crippen molar-refractivity contribution in [2.45, 2.75) is 19.4 Å². The van der Waals surface area contributed by atoms with E-state index in [2.05, 4.69) is 4.98 Å². The summed E-state index contributed by atoms with van der Waals surface area (Å²) in [6.45, 7) is 1.93. The summed E-state index contributed by atoms with van der Waals surface area (Å²) in [5.74, 6) is -0.523. The van der Waals surface area contributed by atoms with Crippen LogP contribution in [0.5, 0.6) is 0 Å². The molecule has 2 N–H and O–H groups in total.